The van der Waals surface area contributed by atoms with Crippen LogP contribution in [0.2, 0.25) is 0 Å². The second-order valence-corrected chi connectivity index (χ2v) is 8.03. The molecule has 2 N–H and O–H groups in total. The molecule has 5 nitrogen and oxygen atoms in total. The fourth-order valence-electron chi connectivity index (χ4n) is 4.30. The smallest absolute Gasteiger partial charge is 0.303 e. The molecule has 1 aliphatic heterocycles. The lowest BCUT2D eigenvalue weighted by molar-refractivity contribution is -0.145. The van der Waals surface area contributed by atoms with Crippen molar-refractivity contribution in [2.45, 2.75) is 69.9 Å². The fraction of sp³-hybridized carbons (Fsp3) is 0.565. The lowest BCUT2D eigenvalue weighted by atomic mass is 9.82. The van der Waals surface area contributed by atoms with Crippen molar-refractivity contribution >= 4 is 11.9 Å². The SMILES string of the molecule is O=C(O)CCC/C=C\CN1C(=O)C[C@@H]1c1ccc(C(O)C2CCCCC2)cc1. The highest BCUT2D eigenvalue weighted by Gasteiger charge is 2.36. The lowest BCUT2D eigenvalue weighted by Gasteiger charge is -2.40. The topological polar surface area (TPSA) is 77.8 Å². The van der Waals surface area contributed by atoms with Crippen LogP contribution in [-0.2, 0) is 9.59 Å². The van der Waals surface area contributed by atoms with E-state index in [4.69, 9.17) is 5.11 Å². The summed E-state index contributed by atoms with van der Waals surface area (Å²) in [5, 5.41) is 19.3. The maximum atomic E-state index is 12.0. The molecule has 1 saturated heterocycles. The first kappa shape index (κ1) is 20.6. The zero-order valence-electron chi connectivity index (χ0n) is 16.4. The first-order valence-electron chi connectivity index (χ1n) is 10.5. The number of carbonyl (C=O) groups excluding carboxylic acids is 1. The minimum atomic E-state index is -0.775. The molecule has 0 spiro atoms. The highest BCUT2D eigenvalue weighted by atomic mass is 16.4. The van der Waals surface area contributed by atoms with E-state index in [0.717, 1.165) is 24.0 Å². The third kappa shape index (κ3) is 5.22. The molecule has 1 unspecified atom stereocenters. The van der Waals surface area contributed by atoms with Gasteiger partial charge in [-0.2, -0.15) is 0 Å². The van der Waals surface area contributed by atoms with E-state index in [1.165, 1.54) is 19.3 Å². The zero-order valence-corrected chi connectivity index (χ0v) is 16.4. The largest absolute Gasteiger partial charge is 0.481 e. The lowest BCUT2D eigenvalue weighted by Crippen LogP contribution is -2.46. The number of aliphatic hydroxyl groups excluding tert-OH is 1. The number of hydrogen-bond acceptors (Lipinski definition) is 3. The van der Waals surface area contributed by atoms with Gasteiger partial charge in [-0.05, 0) is 42.7 Å². The van der Waals surface area contributed by atoms with Crippen molar-refractivity contribution in [1.29, 1.82) is 0 Å². The molecule has 0 aromatic heterocycles. The van der Waals surface area contributed by atoms with E-state index in [-0.39, 0.29) is 24.5 Å². The van der Waals surface area contributed by atoms with E-state index in [9.17, 15) is 14.7 Å². The Morgan fingerprint density at radius 1 is 1.14 bits per heavy atom. The quantitative estimate of drug-likeness (QED) is 0.376. The molecule has 3 rings (SSSR count). The van der Waals surface area contributed by atoms with E-state index in [1.54, 1.807) is 0 Å². The molecule has 5 heteroatoms. The monoisotopic (exact) mass is 385 g/mol. The van der Waals surface area contributed by atoms with Crippen molar-refractivity contribution in [2.24, 2.45) is 5.92 Å². The van der Waals surface area contributed by atoms with E-state index >= 15 is 0 Å². The van der Waals surface area contributed by atoms with Crippen LogP contribution in [0, 0.1) is 5.92 Å². The molecule has 28 heavy (non-hydrogen) atoms. The highest BCUT2D eigenvalue weighted by Crippen LogP contribution is 2.37. The number of unbranched alkanes of at least 4 members (excludes halogenated alkanes) is 1. The predicted octanol–water partition coefficient (Wildman–Crippen LogP) is 4.38. The van der Waals surface area contributed by atoms with Crippen LogP contribution in [0.25, 0.3) is 0 Å². The number of nitrogens with zero attached hydrogens (tertiary/aromatic N) is 1. The Bertz CT molecular complexity index is 691. The van der Waals surface area contributed by atoms with Gasteiger partial charge in [0.05, 0.1) is 18.6 Å². The molecular weight excluding hydrogens is 354 g/mol. The number of carboxylic acid groups (broad SMARTS) is 1. The molecule has 2 fully saturated rings. The average Bonchev–Trinajstić information content (AvgIpc) is 2.71. The third-order valence-electron chi connectivity index (χ3n) is 6.05. The molecule has 0 bridgehead atoms. The van der Waals surface area contributed by atoms with Gasteiger partial charge in [0.15, 0.2) is 0 Å². The summed E-state index contributed by atoms with van der Waals surface area (Å²) < 4.78 is 0. The van der Waals surface area contributed by atoms with Crippen LogP contribution >= 0.6 is 0 Å². The van der Waals surface area contributed by atoms with Crippen molar-refractivity contribution in [2.75, 3.05) is 6.54 Å². The van der Waals surface area contributed by atoms with Gasteiger partial charge >= 0.3 is 5.97 Å². The van der Waals surface area contributed by atoms with Gasteiger partial charge in [-0.1, -0.05) is 55.7 Å². The number of β-lactam (4-membered cyclic amide) rings is 1. The second-order valence-electron chi connectivity index (χ2n) is 8.03. The molecule has 0 radical (unpaired) electrons. The van der Waals surface area contributed by atoms with E-state index in [2.05, 4.69) is 0 Å². The Kier molecular flexibility index (Phi) is 7.26. The van der Waals surface area contributed by atoms with E-state index < -0.39 is 5.97 Å². The number of rotatable bonds is 9. The molecule has 1 saturated carbocycles. The number of amides is 1. The minimum absolute atomic E-state index is 0.0945. The number of likely N-dealkylation sites (tertiary alicyclic amines) is 1. The average molecular weight is 386 g/mol. The Morgan fingerprint density at radius 3 is 2.50 bits per heavy atom. The molecule has 1 aliphatic carbocycles. The summed E-state index contributed by atoms with van der Waals surface area (Å²) in [4.78, 5) is 24.3. The van der Waals surface area contributed by atoms with Crippen LogP contribution in [-0.4, -0.2) is 33.5 Å². The number of carboxylic acids is 1. The maximum absolute atomic E-state index is 12.0. The van der Waals surface area contributed by atoms with Crippen LogP contribution < -0.4 is 0 Å². The van der Waals surface area contributed by atoms with Gasteiger partial charge in [0.1, 0.15) is 0 Å². The van der Waals surface area contributed by atoms with Crippen LogP contribution in [0.1, 0.15) is 81.1 Å². The Balaban J connectivity index is 1.52. The summed E-state index contributed by atoms with van der Waals surface area (Å²) in [7, 11) is 0. The van der Waals surface area contributed by atoms with Gasteiger partial charge in [0.25, 0.3) is 0 Å². The minimum Gasteiger partial charge on any atom is -0.481 e. The second kappa shape index (κ2) is 9.87. The molecular formula is C23H31NO4. The summed E-state index contributed by atoms with van der Waals surface area (Å²) in [5.74, 6) is -0.261. The normalized spacial score (nSPS) is 21.7. The number of aliphatic hydroxyl groups is 1. The number of aliphatic carboxylic acids is 1. The summed E-state index contributed by atoms with van der Waals surface area (Å²) in [6.07, 6.45) is 11.5. The molecule has 2 atom stereocenters. The first-order valence-corrected chi connectivity index (χ1v) is 10.5. The van der Waals surface area contributed by atoms with Crippen LogP contribution in [0.4, 0.5) is 0 Å². The van der Waals surface area contributed by atoms with Gasteiger partial charge in [0.2, 0.25) is 5.91 Å². The van der Waals surface area contributed by atoms with Crippen molar-refractivity contribution in [3.05, 3.63) is 47.5 Å². The number of carbonyl (C=O) groups is 2. The summed E-state index contributed by atoms with van der Waals surface area (Å²) in [6.45, 7) is 0.559. The molecule has 1 heterocycles. The van der Waals surface area contributed by atoms with Crippen LogP contribution in [0.3, 0.4) is 0 Å². The Labute approximate surface area is 167 Å². The number of allylic oxidation sites excluding steroid dienone is 1. The molecule has 2 aliphatic rings. The Morgan fingerprint density at radius 2 is 1.86 bits per heavy atom. The van der Waals surface area contributed by atoms with Crippen molar-refractivity contribution in [3.63, 3.8) is 0 Å². The fourth-order valence-corrected chi connectivity index (χ4v) is 4.30. The van der Waals surface area contributed by atoms with Gasteiger partial charge in [-0.3, -0.25) is 9.59 Å². The van der Waals surface area contributed by atoms with Gasteiger partial charge in [0, 0.05) is 13.0 Å². The predicted molar refractivity (Wildman–Crippen MR) is 108 cm³/mol. The summed E-state index contributed by atoms with van der Waals surface area (Å²) in [5.41, 5.74) is 2.09. The summed E-state index contributed by atoms with van der Waals surface area (Å²) >= 11 is 0. The highest BCUT2D eigenvalue weighted by molar-refractivity contribution is 5.83. The Hall–Kier alpha value is -2.14. The third-order valence-corrected chi connectivity index (χ3v) is 6.05. The van der Waals surface area contributed by atoms with Crippen LogP contribution in [0.5, 0.6) is 0 Å². The number of hydrogen-bond donors (Lipinski definition) is 2. The molecule has 1 aromatic rings. The standard InChI is InChI=1S/C23H31NO4/c25-21-16-20(24(21)15-7-2-1-6-10-22(26)27)17-11-13-19(14-12-17)23(28)18-8-4-3-5-9-18/h2,7,11-14,18,20,23,28H,1,3-6,8-10,15-16H2,(H,26,27)/b7-2-/t20-,23?/m1/s1. The molecule has 1 amide bonds. The van der Waals surface area contributed by atoms with E-state index in [1.807, 2.05) is 41.3 Å². The maximum Gasteiger partial charge on any atom is 0.303 e. The van der Waals surface area contributed by atoms with Gasteiger partial charge in [-0.15, -0.1) is 0 Å². The van der Waals surface area contributed by atoms with Crippen LogP contribution in [0.15, 0.2) is 36.4 Å². The van der Waals surface area contributed by atoms with Crippen molar-refractivity contribution < 1.29 is 19.8 Å². The van der Waals surface area contributed by atoms with Crippen molar-refractivity contribution in [1.82, 2.24) is 4.90 Å². The van der Waals surface area contributed by atoms with E-state index in [0.29, 0.717) is 31.7 Å². The zero-order chi connectivity index (χ0) is 19.9. The number of benzene rings is 1. The molecule has 1 aromatic carbocycles. The summed E-state index contributed by atoms with van der Waals surface area (Å²) in [6, 6.07) is 8.20. The van der Waals surface area contributed by atoms with Gasteiger partial charge in [-0.25, -0.2) is 0 Å². The van der Waals surface area contributed by atoms with Gasteiger partial charge < -0.3 is 15.1 Å². The van der Waals surface area contributed by atoms with Crippen molar-refractivity contribution in [3.8, 4) is 0 Å². The first-order chi connectivity index (χ1) is 13.6. The molecule has 152 valence electrons.